The minimum atomic E-state index is -3.25. The van der Waals surface area contributed by atoms with Crippen LogP contribution in [-0.4, -0.2) is 32.9 Å². The number of hydrogen-bond donors (Lipinski definition) is 1. The molecule has 2 rings (SSSR count). The monoisotopic (exact) mass is 260 g/mol. The Hall–Kier alpha value is -0.430. The van der Waals surface area contributed by atoms with Gasteiger partial charge in [-0.25, -0.2) is 12.7 Å². The molecule has 0 unspecified atom stereocenters. The topological polar surface area (TPSA) is 49.4 Å². The summed E-state index contributed by atoms with van der Waals surface area (Å²) in [5.41, 5.74) is 0. The predicted molar refractivity (Wildman–Crippen MR) is 65.1 cm³/mol. The summed E-state index contributed by atoms with van der Waals surface area (Å²) >= 11 is 1.35. The van der Waals surface area contributed by atoms with Crippen LogP contribution >= 0.6 is 11.3 Å². The maximum Gasteiger partial charge on any atom is 0.252 e. The van der Waals surface area contributed by atoms with Crippen LogP contribution in [0.4, 0.5) is 0 Å². The summed E-state index contributed by atoms with van der Waals surface area (Å²) in [5, 5.41) is 3.37. The summed E-state index contributed by atoms with van der Waals surface area (Å²) in [7, 11) is -0.149. The van der Waals surface area contributed by atoms with Crippen LogP contribution in [-0.2, 0) is 16.6 Å². The molecule has 0 atom stereocenters. The molecule has 6 heteroatoms. The molecular weight excluding hydrogens is 244 g/mol. The van der Waals surface area contributed by atoms with E-state index in [1.54, 1.807) is 20.2 Å². The van der Waals surface area contributed by atoms with E-state index in [0.717, 1.165) is 11.4 Å². The second kappa shape index (κ2) is 4.44. The van der Waals surface area contributed by atoms with Crippen LogP contribution in [0.3, 0.4) is 0 Å². The summed E-state index contributed by atoms with van der Waals surface area (Å²) in [6, 6.07) is 4.22. The van der Waals surface area contributed by atoms with E-state index in [1.165, 1.54) is 28.5 Å². The molecule has 1 aliphatic rings. The first-order valence-corrected chi connectivity index (χ1v) is 7.50. The summed E-state index contributed by atoms with van der Waals surface area (Å²) in [6.07, 6.45) is 2.49. The molecule has 1 fully saturated rings. The Bertz CT molecular complexity index is 461. The SMILES string of the molecule is CN(C)S(=O)(=O)c1ccc(CNC2CC2)s1. The first-order chi connectivity index (χ1) is 7.50. The lowest BCUT2D eigenvalue weighted by Crippen LogP contribution is -2.21. The van der Waals surface area contributed by atoms with Gasteiger partial charge < -0.3 is 5.32 Å². The maximum absolute atomic E-state index is 11.8. The summed E-state index contributed by atoms with van der Waals surface area (Å²) < 4.78 is 25.3. The third-order valence-corrected chi connectivity index (χ3v) is 5.88. The minimum absolute atomic E-state index is 0.421. The summed E-state index contributed by atoms with van der Waals surface area (Å²) in [5.74, 6) is 0. The van der Waals surface area contributed by atoms with Crippen molar-refractivity contribution < 1.29 is 8.42 Å². The molecule has 1 aromatic rings. The average Bonchev–Trinajstić information content (AvgIpc) is 2.92. The smallest absolute Gasteiger partial charge is 0.252 e. The maximum atomic E-state index is 11.8. The third-order valence-electron chi connectivity index (χ3n) is 2.51. The van der Waals surface area contributed by atoms with Crippen molar-refractivity contribution in [2.24, 2.45) is 0 Å². The van der Waals surface area contributed by atoms with Crippen molar-refractivity contribution in [3.8, 4) is 0 Å². The Morgan fingerprint density at radius 1 is 1.44 bits per heavy atom. The second-order valence-electron chi connectivity index (χ2n) is 4.16. The van der Waals surface area contributed by atoms with E-state index in [2.05, 4.69) is 5.32 Å². The van der Waals surface area contributed by atoms with Gasteiger partial charge in [0.15, 0.2) is 0 Å². The zero-order valence-electron chi connectivity index (χ0n) is 9.43. The zero-order chi connectivity index (χ0) is 11.8. The lowest BCUT2D eigenvalue weighted by Gasteiger charge is -2.08. The molecule has 90 valence electrons. The number of nitrogens with zero attached hydrogens (tertiary/aromatic N) is 1. The molecule has 1 aromatic heterocycles. The van der Waals surface area contributed by atoms with Crippen LogP contribution in [0, 0.1) is 0 Å². The van der Waals surface area contributed by atoms with Gasteiger partial charge in [-0.1, -0.05) is 0 Å². The van der Waals surface area contributed by atoms with Crippen molar-refractivity contribution in [1.29, 1.82) is 0 Å². The molecule has 0 amide bonds. The fraction of sp³-hybridized carbons (Fsp3) is 0.600. The van der Waals surface area contributed by atoms with Gasteiger partial charge in [0.05, 0.1) is 0 Å². The lowest BCUT2D eigenvalue weighted by atomic mass is 10.4. The van der Waals surface area contributed by atoms with E-state index in [-0.39, 0.29) is 0 Å². The average molecular weight is 260 g/mol. The van der Waals surface area contributed by atoms with Gasteiger partial charge in [-0.15, -0.1) is 11.3 Å². The van der Waals surface area contributed by atoms with Crippen molar-refractivity contribution in [2.45, 2.75) is 29.6 Å². The van der Waals surface area contributed by atoms with Gasteiger partial charge in [-0.05, 0) is 25.0 Å². The summed E-state index contributed by atoms with van der Waals surface area (Å²) in [6.45, 7) is 0.776. The molecular formula is C10H16N2O2S2. The highest BCUT2D eigenvalue weighted by molar-refractivity contribution is 7.91. The first kappa shape index (κ1) is 12.0. The highest BCUT2D eigenvalue weighted by Gasteiger charge is 2.22. The van der Waals surface area contributed by atoms with E-state index in [1.807, 2.05) is 6.07 Å². The standard InChI is InChI=1S/C10H16N2O2S2/c1-12(2)16(13,14)10-6-5-9(15-10)7-11-8-3-4-8/h5-6,8,11H,3-4,7H2,1-2H3. The van der Waals surface area contributed by atoms with Gasteiger partial charge in [-0.2, -0.15) is 0 Å². The Balaban J connectivity index is 2.06. The lowest BCUT2D eigenvalue weighted by molar-refractivity contribution is 0.523. The molecule has 1 N–H and O–H groups in total. The molecule has 0 aliphatic heterocycles. The van der Waals surface area contributed by atoms with E-state index in [0.29, 0.717) is 10.3 Å². The van der Waals surface area contributed by atoms with Gasteiger partial charge in [0.2, 0.25) is 0 Å². The van der Waals surface area contributed by atoms with E-state index in [9.17, 15) is 8.42 Å². The molecule has 1 heterocycles. The van der Waals surface area contributed by atoms with Crippen LogP contribution < -0.4 is 5.32 Å². The number of nitrogens with one attached hydrogen (secondary N) is 1. The van der Waals surface area contributed by atoms with Gasteiger partial charge >= 0.3 is 0 Å². The second-order valence-corrected chi connectivity index (χ2v) is 7.71. The van der Waals surface area contributed by atoms with Crippen LogP contribution in [0.25, 0.3) is 0 Å². The molecule has 0 radical (unpaired) electrons. The number of sulfonamides is 1. The molecule has 1 aliphatic carbocycles. The van der Waals surface area contributed by atoms with Gasteiger partial charge in [0.1, 0.15) is 4.21 Å². The Morgan fingerprint density at radius 2 is 2.12 bits per heavy atom. The number of thiophene rings is 1. The van der Waals surface area contributed by atoms with Crippen molar-refractivity contribution in [2.75, 3.05) is 14.1 Å². The summed E-state index contributed by atoms with van der Waals surface area (Å²) in [4.78, 5) is 1.08. The van der Waals surface area contributed by atoms with Crippen molar-refractivity contribution in [3.63, 3.8) is 0 Å². The Morgan fingerprint density at radius 3 is 2.69 bits per heavy atom. The van der Waals surface area contributed by atoms with Crippen LogP contribution in [0.5, 0.6) is 0 Å². The Labute approximate surface area is 100 Å². The predicted octanol–water partition coefficient (Wildman–Crippen LogP) is 1.25. The van der Waals surface area contributed by atoms with Gasteiger partial charge in [-0.3, -0.25) is 0 Å². The highest BCUT2D eigenvalue weighted by atomic mass is 32.2. The number of hydrogen-bond acceptors (Lipinski definition) is 4. The fourth-order valence-electron chi connectivity index (χ4n) is 1.30. The van der Waals surface area contributed by atoms with Gasteiger partial charge in [0.25, 0.3) is 10.0 Å². The first-order valence-electron chi connectivity index (χ1n) is 5.25. The molecule has 0 saturated heterocycles. The fourth-order valence-corrected chi connectivity index (χ4v) is 3.78. The van der Waals surface area contributed by atoms with Crippen LogP contribution in [0.2, 0.25) is 0 Å². The Kier molecular flexibility index (Phi) is 3.34. The van der Waals surface area contributed by atoms with Crippen molar-refractivity contribution >= 4 is 21.4 Å². The van der Waals surface area contributed by atoms with Gasteiger partial charge in [0, 0.05) is 31.6 Å². The van der Waals surface area contributed by atoms with E-state index >= 15 is 0 Å². The van der Waals surface area contributed by atoms with E-state index in [4.69, 9.17) is 0 Å². The quantitative estimate of drug-likeness (QED) is 0.867. The molecule has 0 spiro atoms. The van der Waals surface area contributed by atoms with Crippen molar-refractivity contribution in [3.05, 3.63) is 17.0 Å². The minimum Gasteiger partial charge on any atom is -0.309 e. The number of rotatable bonds is 5. The van der Waals surface area contributed by atoms with Crippen LogP contribution in [0.1, 0.15) is 17.7 Å². The molecule has 4 nitrogen and oxygen atoms in total. The van der Waals surface area contributed by atoms with Crippen LogP contribution in [0.15, 0.2) is 16.3 Å². The van der Waals surface area contributed by atoms with E-state index < -0.39 is 10.0 Å². The molecule has 1 saturated carbocycles. The molecule has 0 bridgehead atoms. The zero-order valence-corrected chi connectivity index (χ0v) is 11.1. The molecule has 0 aromatic carbocycles. The molecule has 16 heavy (non-hydrogen) atoms. The third kappa shape index (κ3) is 2.63. The largest absolute Gasteiger partial charge is 0.309 e. The van der Waals surface area contributed by atoms with Crippen molar-refractivity contribution in [1.82, 2.24) is 9.62 Å². The highest BCUT2D eigenvalue weighted by Crippen LogP contribution is 2.25. The normalized spacial score (nSPS) is 16.9.